The van der Waals surface area contributed by atoms with Crippen LogP contribution in [0.25, 0.3) is 0 Å². The van der Waals surface area contributed by atoms with Crippen molar-refractivity contribution in [3.05, 3.63) is 11.6 Å². The second-order valence-electron chi connectivity index (χ2n) is 13.0. The lowest BCUT2D eigenvalue weighted by atomic mass is 9.54. The molecule has 6 aliphatic rings. The highest BCUT2D eigenvalue weighted by atomic mass is 16.5. The van der Waals surface area contributed by atoms with Gasteiger partial charge in [0.25, 0.3) is 0 Å². The Kier molecular flexibility index (Phi) is 6.14. The van der Waals surface area contributed by atoms with Crippen LogP contribution in [-0.4, -0.2) is 24.3 Å². The third-order valence-electron chi connectivity index (χ3n) is 11.7. The SMILES string of the molecule is CC.CC1C2C(CC[C@@]3(C[C@@]4(CCCCN4)CO3)[C@@H]2C)C2CC=C3C[C@@H](C)CC[C@]3(C)C12. The van der Waals surface area contributed by atoms with Gasteiger partial charge in [0.1, 0.15) is 0 Å². The van der Waals surface area contributed by atoms with E-state index < -0.39 is 0 Å². The summed E-state index contributed by atoms with van der Waals surface area (Å²) in [4.78, 5) is 0. The monoisotopic (exact) mass is 441 g/mol. The summed E-state index contributed by atoms with van der Waals surface area (Å²) >= 11 is 0. The molecule has 2 heterocycles. The third-order valence-corrected chi connectivity index (χ3v) is 11.7. The van der Waals surface area contributed by atoms with Crippen LogP contribution >= 0.6 is 0 Å². The van der Waals surface area contributed by atoms with E-state index in [0.29, 0.717) is 11.0 Å². The van der Waals surface area contributed by atoms with E-state index in [0.717, 1.165) is 48.0 Å². The minimum Gasteiger partial charge on any atom is -0.373 e. The summed E-state index contributed by atoms with van der Waals surface area (Å²) < 4.78 is 6.87. The first-order valence-electron chi connectivity index (χ1n) is 14.5. The third kappa shape index (κ3) is 3.32. The van der Waals surface area contributed by atoms with Crippen molar-refractivity contribution in [3.8, 4) is 0 Å². The highest BCUT2D eigenvalue weighted by molar-refractivity contribution is 5.26. The van der Waals surface area contributed by atoms with Crippen LogP contribution in [0.15, 0.2) is 11.6 Å². The quantitative estimate of drug-likeness (QED) is 0.396. The molecule has 5 fully saturated rings. The zero-order valence-corrected chi connectivity index (χ0v) is 22.0. The van der Waals surface area contributed by atoms with Crippen LogP contribution in [-0.2, 0) is 4.74 Å². The van der Waals surface area contributed by atoms with Crippen molar-refractivity contribution >= 4 is 0 Å². The van der Waals surface area contributed by atoms with Crippen LogP contribution in [0.4, 0.5) is 0 Å². The average molecular weight is 442 g/mol. The Morgan fingerprint density at radius 3 is 2.56 bits per heavy atom. The molecule has 0 aromatic carbocycles. The van der Waals surface area contributed by atoms with Gasteiger partial charge in [-0.1, -0.05) is 59.6 Å². The van der Waals surface area contributed by atoms with E-state index in [-0.39, 0.29) is 5.60 Å². The second kappa shape index (κ2) is 8.40. The van der Waals surface area contributed by atoms with Crippen LogP contribution in [0.5, 0.6) is 0 Å². The Morgan fingerprint density at radius 1 is 1.00 bits per heavy atom. The Bertz CT molecular complexity index is 722. The molecule has 5 unspecified atom stereocenters. The maximum absolute atomic E-state index is 6.87. The molecule has 2 aliphatic heterocycles. The van der Waals surface area contributed by atoms with Crippen molar-refractivity contribution in [2.75, 3.05) is 13.2 Å². The summed E-state index contributed by atoms with van der Waals surface area (Å²) in [5.41, 5.74) is 2.79. The fourth-order valence-corrected chi connectivity index (χ4v) is 10.3. The van der Waals surface area contributed by atoms with Crippen molar-refractivity contribution in [1.29, 1.82) is 0 Å². The number of allylic oxidation sites excluding steroid dienone is 2. The van der Waals surface area contributed by atoms with E-state index in [2.05, 4.69) is 39.1 Å². The van der Waals surface area contributed by atoms with Gasteiger partial charge >= 0.3 is 0 Å². The Morgan fingerprint density at radius 2 is 1.81 bits per heavy atom. The Labute approximate surface area is 198 Å². The van der Waals surface area contributed by atoms with Crippen molar-refractivity contribution < 1.29 is 4.74 Å². The summed E-state index contributed by atoms with van der Waals surface area (Å²) in [7, 11) is 0. The minimum atomic E-state index is 0.158. The molecule has 0 aromatic rings. The van der Waals surface area contributed by atoms with Crippen LogP contribution in [0.1, 0.15) is 106 Å². The summed E-state index contributed by atoms with van der Waals surface area (Å²) in [6, 6.07) is 0. The van der Waals surface area contributed by atoms with Crippen molar-refractivity contribution in [2.45, 2.75) is 117 Å². The highest BCUT2D eigenvalue weighted by Crippen LogP contribution is 2.68. The molecule has 0 radical (unpaired) electrons. The molecular weight excluding hydrogens is 390 g/mol. The number of rotatable bonds is 0. The molecule has 2 nitrogen and oxygen atoms in total. The molecule has 0 aromatic heterocycles. The van der Waals surface area contributed by atoms with Crippen molar-refractivity contribution in [3.63, 3.8) is 0 Å². The first-order chi connectivity index (χ1) is 15.4. The van der Waals surface area contributed by atoms with Gasteiger partial charge in [-0.2, -0.15) is 0 Å². The molecule has 2 spiro atoms. The zero-order chi connectivity index (χ0) is 22.7. The molecule has 182 valence electrons. The molecule has 6 rings (SSSR count). The summed E-state index contributed by atoms with van der Waals surface area (Å²) in [5, 5.41) is 3.92. The van der Waals surface area contributed by atoms with E-state index in [1.165, 1.54) is 70.8 Å². The Balaban J connectivity index is 0.00000105. The van der Waals surface area contributed by atoms with Gasteiger partial charge < -0.3 is 10.1 Å². The zero-order valence-electron chi connectivity index (χ0n) is 22.0. The lowest BCUT2D eigenvalue weighted by molar-refractivity contribution is -0.104. The molecule has 2 heteroatoms. The maximum Gasteiger partial charge on any atom is 0.0730 e. The Hall–Kier alpha value is -0.340. The van der Waals surface area contributed by atoms with Gasteiger partial charge in [0, 0.05) is 5.54 Å². The van der Waals surface area contributed by atoms with E-state index in [9.17, 15) is 0 Å². The van der Waals surface area contributed by atoms with Gasteiger partial charge in [-0.15, -0.1) is 0 Å². The summed E-state index contributed by atoms with van der Waals surface area (Å²) in [6.07, 6.45) is 16.5. The van der Waals surface area contributed by atoms with E-state index in [1.54, 1.807) is 0 Å². The van der Waals surface area contributed by atoms with Gasteiger partial charge in [0.05, 0.1) is 12.2 Å². The second-order valence-corrected chi connectivity index (χ2v) is 13.0. The van der Waals surface area contributed by atoms with Gasteiger partial charge in [0.15, 0.2) is 0 Å². The van der Waals surface area contributed by atoms with Crippen molar-refractivity contribution in [2.24, 2.45) is 46.8 Å². The molecule has 0 bridgehead atoms. The molecular formula is C30H51NO. The minimum absolute atomic E-state index is 0.158. The molecule has 0 amide bonds. The molecule has 1 N–H and O–H groups in total. The number of piperidine rings is 1. The smallest absolute Gasteiger partial charge is 0.0730 e. The van der Waals surface area contributed by atoms with Crippen molar-refractivity contribution in [1.82, 2.24) is 5.32 Å². The van der Waals surface area contributed by atoms with Crippen LogP contribution in [0.3, 0.4) is 0 Å². The number of fused-ring (bicyclic) bond motifs is 5. The molecule has 10 atom stereocenters. The fourth-order valence-electron chi connectivity index (χ4n) is 10.3. The predicted molar refractivity (Wildman–Crippen MR) is 135 cm³/mol. The maximum atomic E-state index is 6.87. The van der Waals surface area contributed by atoms with Crippen LogP contribution < -0.4 is 5.32 Å². The number of hydrogen-bond acceptors (Lipinski definition) is 2. The number of nitrogens with one attached hydrogen (secondary N) is 1. The molecule has 3 saturated carbocycles. The van der Waals surface area contributed by atoms with E-state index in [1.807, 2.05) is 19.4 Å². The molecule has 32 heavy (non-hydrogen) atoms. The first kappa shape index (κ1) is 23.4. The largest absolute Gasteiger partial charge is 0.373 e. The number of hydrogen-bond donors (Lipinski definition) is 1. The summed E-state index contributed by atoms with van der Waals surface area (Å²) in [5.74, 6) is 6.14. The fraction of sp³-hybridized carbons (Fsp3) is 0.933. The lowest BCUT2D eigenvalue weighted by Crippen LogP contribution is -2.52. The normalized spacial score (nSPS) is 54.3. The topological polar surface area (TPSA) is 21.3 Å². The average Bonchev–Trinajstić information content (AvgIpc) is 3.30. The first-order valence-corrected chi connectivity index (χ1v) is 14.5. The van der Waals surface area contributed by atoms with Gasteiger partial charge in [-0.25, -0.2) is 0 Å². The van der Waals surface area contributed by atoms with Gasteiger partial charge in [0.2, 0.25) is 0 Å². The standard InChI is InChI=1S/C28H45NO.C2H6/c1-18-9-12-26(4)21(15-18)7-8-23-22-10-13-28(20(3)24(22)19(2)25(23)26)16-27(17-30-28)11-5-6-14-29-27;1-2/h7,18-20,22-25,29H,5-6,8-17H2,1-4H3;1-2H3/t18-,19?,20+,22?,23?,24?,25?,26-,27-,28+;/m0./s1. The molecule has 4 aliphatic carbocycles. The highest BCUT2D eigenvalue weighted by Gasteiger charge is 2.64. The van der Waals surface area contributed by atoms with Crippen LogP contribution in [0.2, 0.25) is 0 Å². The summed E-state index contributed by atoms with van der Waals surface area (Å²) in [6.45, 7) is 16.6. The van der Waals surface area contributed by atoms with E-state index in [4.69, 9.17) is 4.74 Å². The molecule has 2 saturated heterocycles. The van der Waals surface area contributed by atoms with Gasteiger partial charge in [-0.3, -0.25) is 0 Å². The lowest BCUT2D eigenvalue weighted by Gasteiger charge is -2.50. The van der Waals surface area contributed by atoms with E-state index >= 15 is 0 Å². The number of ether oxygens (including phenoxy) is 1. The predicted octanol–water partition coefficient (Wildman–Crippen LogP) is 7.38. The van der Waals surface area contributed by atoms with Crippen LogP contribution in [0, 0.1) is 46.8 Å². The van der Waals surface area contributed by atoms with Gasteiger partial charge in [-0.05, 0) is 111 Å².